The maximum absolute atomic E-state index is 13.7. The molecule has 6 heterocycles. The first-order valence-electron chi connectivity index (χ1n) is 13.8. The number of hydrogen-bond donors (Lipinski definition) is 2. The fourth-order valence-electron chi connectivity index (χ4n) is 4.74. The molecule has 10 rings (SSSR count). The van der Waals surface area contributed by atoms with Crippen LogP contribution >= 0.6 is 0 Å². The Balaban J connectivity index is 1.40. The number of nitrogens with zero attached hydrogens (tertiary/aromatic N) is 4. The van der Waals surface area contributed by atoms with Gasteiger partial charge in [0, 0.05) is 23.2 Å². The molecular formula is C32H23F3N6O4S. The fraction of sp³-hybridized carbons (Fsp3) is 0.0938. The van der Waals surface area contributed by atoms with E-state index in [4.69, 9.17) is 0 Å². The van der Waals surface area contributed by atoms with Crippen molar-refractivity contribution >= 4 is 38.9 Å². The van der Waals surface area contributed by atoms with Crippen molar-refractivity contribution in [1.82, 2.24) is 14.5 Å². The van der Waals surface area contributed by atoms with Crippen LogP contribution in [0.1, 0.15) is 28.0 Å². The van der Waals surface area contributed by atoms with Crippen molar-refractivity contribution in [3.05, 3.63) is 120 Å². The van der Waals surface area contributed by atoms with Gasteiger partial charge in [-0.2, -0.15) is 28.5 Å². The van der Waals surface area contributed by atoms with Crippen LogP contribution in [0.5, 0.6) is 0 Å². The van der Waals surface area contributed by atoms with Crippen LogP contribution in [0.4, 0.5) is 30.2 Å². The van der Waals surface area contributed by atoms with Crippen LogP contribution in [-0.4, -0.2) is 30.0 Å². The van der Waals surface area contributed by atoms with E-state index in [1.54, 1.807) is 48.5 Å². The zero-order valence-electron chi connectivity index (χ0n) is 23.7. The van der Waals surface area contributed by atoms with E-state index in [9.17, 15) is 31.2 Å². The normalized spacial score (nSPS) is 14.9. The molecule has 0 unspecified atom stereocenters. The van der Waals surface area contributed by atoms with Crippen LogP contribution in [0.2, 0.25) is 0 Å². The molecule has 0 fully saturated rings. The van der Waals surface area contributed by atoms with Gasteiger partial charge in [-0.1, -0.05) is 30.3 Å². The number of benzene rings is 4. The number of carbonyl (C=O) groups is 2. The van der Waals surface area contributed by atoms with E-state index in [1.807, 2.05) is 4.72 Å². The predicted molar refractivity (Wildman–Crippen MR) is 163 cm³/mol. The molecule has 2 amide bonds. The first kappa shape index (κ1) is 30.4. The minimum absolute atomic E-state index is 0.0738. The number of aryl methyl sites for hydroxylation is 1. The van der Waals surface area contributed by atoms with Gasteiger partial charge in [0.1, 0.15) is 0 Å². The maximum Gasteiger partial charge on any atom is 0.435 e. The Morgan fingerprint density at radius 2 is 1.43 bits per heavy atom. The van der Waals surface area contributed by atoms with Crippen LogP contribution in [0.25, 0.3) is 16.9 Å². The van der Waals surface area contributed by atoms with Crippen LogP contribution in [0.3, 0.4) is 0 Å². The van der Waals surface area contributed by atoms with E-state index >= 15 is 0 Å². The number of carbonyl (C=O) groups excluding carboxylic acids is 2. The van der Waals surface area contributed by atoms with Crippen molar-refractivity contribution in [2.45, 2.75) is 23.9 Å². The molecule has 232 valence electrons. The summed E-state index contributed by atoms with van der Waals surface area (Å²) in [6.45, 7) is 0. The molecule has 2 N–H and O–H groups in total. The molecule has 46 heavy (non-hydrogen) atoms. The lowest BCUT2D eigenvalue weighted by molar-refractivity contribution is -0.141. The van der Waals surface area contributed by atoms with Crippen LogP contribution in [0, 0.1) is 0 Å². The molecule has 0 spiro atoms. The summed E-state index contributed by atoms with van der Waals surface area (Å²) in [4.78, 5) is 25.3. The van der Waals surface area contributed by atoms with E-state index in [0.29, 0.717) is 33.8 Å². The second kappa shape index (κ2) is 12.0. The van der Waals surface area contributed by atoms with Crippen molar-refractivity contribution in [2.75, 3.05) is 5.32 Å². The SMILES string of the molecule is O=C1CCc2ccccc2N=Nc2ccc(cc2)C(=O)Nc2ccc(cc2)-c2cc(C(F)(F)F)nn2-c2ccc(cc2)S(=O)(=O)N1. The summed E-state index contributed by atoms with van der Waals surface area (Å²) in [7, 11) is -4.29. The molecule has 5 aliphatic rings. The Bertz CT molecular complexity index is 2070. The average molecular weight is 645 g/mol. The van der Waals surface area contributed by atoms with Gasteiger partial charge >= 0.3 is 6.18 Å². The maximum atomic E-state index is 13.7. The molecule has 5 aliphatic heterocycles. The lowest BCUT2D eigenvalue weighted by atomic mass is 10.1. The largest absolute Gasteiger partial charge is 0.435 e. The summed E-state index contributed by atoms with van der Waals surface area (Å²) in [5.74, 6) is -1.17. The van der Waals surface area contributed by atoms with E-state index in [-0.39, 0.29) is 29.1 Å². The highest BCUT2D eigenvalue weighted by Crippen LogP contribution is 2.34. The molecule has 1 aromatic heterocycles. The monoisotopic (exact) mass is 644 g/mol. The summed E-state index contributed by atoms with van der Waals surface area (Å²) in [6, 6.07) is 25.2. The van der Waals surface area contributed by atoms with Gasteiger partial charge < -0.3 is 5.32 Å². The van der Waals surface area contributed by atoms with Gasteiger partial charge in [-0.15, -0.1) is 0 Å². The third-order valence-corrected chi connectivity index (χ3v) is 8.48. The Morgan fingerprint density at radius 3 is 2.13 bits per heavy atom. The zero-order chi connectivity index (χ0) is 32.5. The van der Waals surface area contributed by atoms with Gasteiger partial charge in [0.2, 0.25) is 5.91 Å². The minimum atomic E-state index is -4.75. The van der Waals surface area contributed by atoms with E-state index in [1.165, 1.54) is 48.5 Å². The first-order chi connectivity index (χ1) is 22.0. The van der Waals surface area contributed by atoms with Gasteiger partial charge in [0.15, 0.2) is 5.69 Å². The molecule has 10 nitrogen and oxygen atoms in total. The lowest BCUT2D eigenvalue weighted by Gasteiger charge is -2.11. The molecule has 5 aromatic rings. The second-order valence-electron chi connectivity index (χ2n) is 10.3. The molecule has 0 aliphatic carbocycles. The second-order valence-corrected chi connectivity index (χ2v) is 11.9. The quantitative estimate of drug-likeness (QED) is 0.188. The van der Waals surface area contributed by atoms with Crippen LogP contribution in [-0.2, 0) is 27.4 Å². The number of fused-ring (bicyclic) bond motifs is 1. The first-order valence-corrected chi connectivity index (χ1v) is 15.3. The number of hydrogen-bond acceptors (Lipinski definition) is 7. The van der Waals surface area contributed by atoms with Gasteiger partial charge in [-0.05, 0) is 84.8 Å². The topological polar surface area (TPSA) is 135 Å². The summed E-state index contributed by atoms with van der Waals surface area (Å²) in [5.41, 5.74) is 1.76. The Morgan fingerprint density at radius 1 is 0.761 bits per heavy atom. The minimum Gasteiger partial charge on any atom is -0.322 e. The number of aromatic nitrogens is 2. The van der Waals surface area contributed by atoms with E-state index < -0.39 is 33.7 Å². The highest BCUT2D eigenvalue weighted by atomic mass is 32.2. The number of alkyl halides is 3. The van der Waals surface area contributed by atoms with E-state index in [0.717, 1.165) is 10.7 Å². The van der Waals surface area contributed by atoms with Crippen molar-refractivity contribution in [3.63, 3.8) is 0 Å². The third kappa shape index (κ3) is 6.56. The zero-order valence-corrected chi connectivity index (χ0v) is 24.5. The van der Waals surface area contributed by atoms with Crippen molar-refractivity contribution in [3.8, 4) is 16.9 Å². The highest BCUT2D eigenvalue weighted by molar-refractivity contribution is 7.90. The van der Waals surface area contributed by atoms with Crippen molar-refractivity contribution < 1.29 is 31.2 Å². The number of azo groups is 1. The van der Waals surface area contributed by atoms with E-state index in [2.05, 4.69) is 20.6 Å². The molecule has 0 saturated carbocycles. The van der Waals surface area contributed by atoms with Crippen molar-refractivity contribution in [2.24, 2.45) is 10.2 Å². The molecule has 0 atom stereocenters. The number of halogens is 3. The summed E-state index contributed by atoms with van der Waals surface area (Å²) < 4.78 is 70.1. The Labute approximate surface area is 260 Å². The predicted octanol–water partition coefficient (Wildman–Crippen LogP) is 6.98. The average Bonchev–Trinajstić information content (AvgIpc) is 3.50. The number of amides is 2. The molecule has 14 heteroatoms. The lowest BCUT2D eigenvalue weighted by Crippen LogP contribution is -2.30. The van der Waals surface area contributed by atoms with Gasteiger partial charge in [0.25, 0.3) is 15.9 Å². The third-order valence-electron chi connectivity index (χ3n) is 7.09. The standard InChI is InChI=1S/C32H23F3N6O4S/c33-32(34,35)29-19-28-21-5-10-23(11-6-21)36-31(43)22-7-12-24(13-8-22)37-38-27-4-2-1-3-20(27)9-18-30(42)40-46(44,45)26-16-14-25(15-17-26)41(28)39-29/h1-8,10-17,19H,9,18H2,(H,36,43)(H,40,42). The number of nitrogens with one attached hydrogen (secondary N) is 2. The summed E-state index contributed by atoms with van der Waals surface area (Å²) >= 11 is 0. The smallest absolute Gasteiger partial charge is 0.322 e. The van der Waals surface area contributed by atoms with Crippen molar-refractivity contribution in [1.29, 1.82) is 0 Å². The fourth-order valence-corrected chi connectivity index (χ4v) is 5.75. The molecular weight excluding hydrogens is 621 g/mol. The molecule has 0 saturated heterocycles. The number of rotatable bonds is 0. The Kier molecular flexibility index (Phi) is 7.96. The van der Waals surface area contributed by atoms with Crippen LogP contribution in [0.15, 0.2) is 118 Å². The van der Waals surface area contributed by atoms with Gasteiger partial charge in [0.05, 0.1) is 27.7 Å². The van der Waals surface area contributed by atoms with Crippen LogP contribution < -0.4 is 10.0 Å². The summed E-state index contributed by atoms with van der Waals surface area (Å²) in [5, 5.41) is 15.0. The molecule has 0 radical (unpaired) electrons. The number of anilines is 1. The Hall–Kier alpha value is -5.63. The molecule has 6 bridgehead atoms. The highest BCUT2D eigenvalue weighted by Gasteiger charge is 2.35. The number of sulfonamides is 1. The summed E-state index contributed by atoms with van der Waals surface area (Å²) in [6.07, 6.45) is -4.76. The molecule has 4 aromatic carbocycles. The van der Waals surface area contributed by atoms with Gasteiger partial charge in [-0.25, -0.2) is 17.8 Å². The van der Waals surface area contributed by atoms with Gasteiger partial charge in [-0.3, -0.25) is 9.59 Å².